The van der Waals surface area contributed by atoms with Crippen molar-refractivity contribution in [2.45, 2.75) is 32.9 Å². The number of ether oxygens (including phenoxy) is 2. The molecule has 2 aliphatic rings. The van der Waals surface area contributed by atoms with Crippen molar-refractivity contribution in [3.05, 3.63) is 23.8 Å². The Labute approximate surface area is 129 Å². The van der Waals surface area contributed by atoms with Gasteiger partial charge in [-0.2, -0.15) is 0 Å². The second-order valence-corrected chi connectivity index (χ2v) is 5.95. The Kier molecular flexibility index (Phi) is 3.92. The van der Waals surface area contributed by atoms with Crippen LogP contribution in [0.2, 0.25) is 0 Å². The molecule has 0 aliphatic carbocycles. The molecule has 0 saturated carbocycles. The number of fused-ring (bicyclic) bond motifs is 1. The summed E-state index contributed by atoms with van der Waals surface area (Å²) in [5.41, 5.74) is 0.947. The smallest absolute Gasteiger partial charge is 0.231 e. The summed E-state index contributed by atoms with van der Waals surface area (Å²) >= 11 is 0. The number of likely N-dealkylation sites (tertiary alicyclic amines) is 1. The average Bonchev–Trinajstić information content (AvgIpc) is 3.10. The van der Waals surface area contributed by atoms with Crippen molar-refractivity contribution >= 4 is 11.8 Å². The number of amides is 2. The Morgan fingerprint density at radius 1 is 1.36 bits per heavy atom. The van der Waals surface area contributed by atoms with E-state index in [0.717, 1.165) is 11.3 Å². The molecule has 2 aliphatic heterocycles. The molecule has 22 heavy (non-hydrogen) atoms. The van der Waals surface area contributed by atoms with Gasteiger partial charge in [0.25, 0.3) is 0 Å². The van der Waals surface area contributed by atoms with E-state index in [1.165, 1.54) is 0 Å². The molecule has 1 aromatic carbocycles. The lowest BCUT2D eigenvalue weighted by Crippen LogP contribution is -2.35. The summed E-state index contributed by atoms with van der Waals surface area (Å²) in [7, 11) is 0. The first kappa shape index (κ1) is 14.7. The molecule has 0 bridgehead atoms. The number of carbonyl (C=O) groups is 2. The van der Waals surface area contributed by atoms with E-state index in [4.69, 9.17) is 9.47 Å². The Balaban J connectivity index is 1.56. The third-order valence-corrected chi connectivity index (χ3v) is 4.06. The number of hydrogen-bond acceptors (Lipinski definition) is 4. The molecule has 2 heterocycles. The summed E-state index contributed by atoms with van der Waals surface area (Å²) in [5, 5.41) is 2.90. The van der Waals surface area contributed by atoms with Gasteiger partial charge in [-0.15, -0.1) is 0 Å². The third kappa shape index (κ3) is 2.86. The summed E-state index contributed by atoms with van der Waals surface area (Å²) in [4.78, 5) is 25.8. The van der Waals surface area contributed by atoms with Gasteiger partial charge in [0, 0.05) is 25.6 Å². The fourth-order valence-corrected chi connectivity index (χ4v) is 2.79. The lowest BCUT2D eigenvalue weighted by Gasteiger charge is -2.20. The summed E-state index contributed by atoms with van der Waals surface area (Å²) in [6.45, 7) is 5.08. The van der Waals surface area contributed by atoms with E-state index in [2.05, 4.69) is 5.32 Å². The maximum atomic E-state index is 12.2. The molecule has 0 radical (unpaired) electrons. The number of nitrogens with one attached hydrogen (secondary N) is 1. The predicted molar refractivity (Wildman–Crippen MR) is 79.4 cm³/mol. The Morgan fingerprint density at radius 2 is 2.14 bits per heavy atom. The lowest BCUT2D eigenvalue weighted by molar-refractivity contribution is -0.129. The number of benzene rings is 1. The van der Waals surface area contributed by atoms with Crippen LogP contribution in [0.3, 0.4) is 0 Å². The molecule has 0 aromatic heterocycles. The van der Waals surface area contributed by atoms with Crippen molar-refractivity contribution in [1.82, 2.24) is 10.2 Å². The molecule has 6 heteroatoms. The zero-order valence-corrected chi connectivity index (χ0v) is 12.8. The Hall–Kier alpha value is -2.24. The van der Waals surface area contributed by atoms with Crippen molar-refractivity contribution in [3.8, 4) is 11.5 Å². The van der Waals surface area contributed by atoms with Crippen molar-refractivity contribution in [2.75, 3.05) is 13.3 Å². The highest BCUT2D eigenvalue weighted by Gasteiger charge is 2.35. The first-order chi connectivity index (χ1) is 10.5. The second kappa shape index (κ2) is 5.87. The minimum Gasteiger partial charge on any atom is -0.454 e. The minimum atomic E-state index is -0.260. The van der Waals surface area contributed by atoms with Crippen molar-refractivity contribution < 1.29 is 19.1 Å². The van der Waals surface area contributed by atoms with Gasteiger partial charge in [0.05, 0.1) is 5.92 Å². The Bertz CT molecular complexity index is 600. The number of hydrogen-bond donors (Lipinski definition) is 1. The molecule has 2 amide bonds. The van der Waals surface area contributed by atoms with Gasteiger partial charge in [0.2, 0.25) is 18.6 Å². The molecule has 1 fully saturated rings. The van der Waals surface area contributed by atoms with E-state index in [1.54, 1.807) is 4.90 Å². The van der Waals surface area contributed by atoms with Gasteiger partial charge < -0.3 is 19.7 Å². The molecule has 0 spiro atoms. The fourth-order valence-electron chi connectivity index (χ4n) is 2.79. The molecular weight excluding hydrogens is 284 g/mol. The van der Waals surface area contributed by atoms with Crippen LogP contribution in [-0.4, -0.2) is 36.1 Å². The van der Waals surface area contributed by atoms with E-state index < -0.39 is 0 Å². The van der Waals surface area contributed by atoms with E-state index >= 15 is 0 Å². The topological polar surface area (TPSA) is 67.9 Å². The lowest BCUT2D eigenvalue weighted by atomic mass is 10.1. The predicted octanol–water partition coefficient (Wildman–Crippen LogP) is 1.29. The van der Waals surface area contributed by atoms with Crippen LogP contribution < -0.4 is 14.8 Å². The molecule has 6 nitrogen and oxygen atoms in total. The van der Waals surface area contributed by atoms with Crippen LogP contribution in [0.1, 0.15) is 25.8 Å². The van der Waals surface area contributed by atoms with Crippen LogP contribution in [0.25, 0.3) is 0 Å². The average molecular weight is 304 g/mol. The van der Waals surface area contributed by atoms with Crippen LogP contribution in [0.5, 0.6) is 11.5 Å². The number of carbonyl (C=O) groups excluding carboxylic acids is 2. The first-order valence-electron chi connectivity index (χ1n) is 7.50. The molecular formula is C16H20N2O4. The zero-order valence-electron chi connectivity index (χ0n) is 12.8. The van der Waals surface area contributed by atoms with Gasteiger partial charge in [0.1, 0.15) is 0 Å². The van der Waals surface area contributed by atoms with Crippen molar-refractivity contribution in [3.63, 3.8) is 0 Å². The van der Waals surface area contributed by atoms with Crippen LogP contribution in [0.15, 0.2) is 18.2 Å². The summed E-state index contributed by atoms with van der Waals surface area (Å²) < 4.78 is 10.6. The van der Waals surface area contributed by atoms with E-state index in [-0.39, 0.29) is 30.6 Å². The fraction of sp³-hybridized carbons (Fsp3) is 0.500. The van der Waals surface area contributed by atoms with Gasteiger partial charge in [0.15, 0.2) is 11.5 Å². The zero-order chi connectivity index (χ0) is 15.7. The third-order valence-electron chi connectivity index (χ3n) is 4.06. The molecule has 1 unspecified atom stereocenters. The van der Waals surface area contributed by atoms with Gasteiger partial charge in [-0.05, 0) is 31.5 Å². The highest BCUT2D eigenvalue weighted by atomic mass is 16.7. The quantitative estimate of drug-likeness (QED) is 0.910. The molecule has 3 rings (SSSR count). The normalized spacial score (nSPS) is 19.9. The van der Waals surface area contributed by atoms with E-state index in [9.17, 15) is 9.59 Å². The van der Waals surface area contributed by atoms with Crippen LogP contribution >= 0.6 is 0 Å². The van der Waals surface area contributed by atoms with E-state index in [1.807, 2.05) is 32.0 Å². The minimum absolute atomic E-state index is 0.0539. The first-order valence-corrected chi connectivity index (χ1v) is 7.50. The Morgan fingerprint density at radius 3 is 2.86 bits per heavy atom. The van der Waals surface area contributed by atoms with E-state index in [0.29, 0.717) is 25.3 Å². The second-order valence-electron chi connectivity index (χ2n) is 5.95. The molecule has 1 saturated heterocycles. The summed E-state index contributed by atoms with van der Waals surface area (Å²) in [6.07, 6.45) is 0.297. The van der Waals surface area contributed by atoms with Crippen LogP contribution in [0, 0.1) is 5.92 Å². The molecule has 1 N–H and O–H groups in total. The molecule has 1 atom stereocenters. The number of nitrogens with zero attached hydrogens (tertiary/aromatic N) is 1. The van der Waals surface area contributed by atoms with Crippen molar-refractivity contribution in [1.29, 1.82) is 0 Å². The summed E-state index contributed by atoms with van der Waals surface area (Å²) in [6, 6.07) is 5.74. The van der Waals surface area contributed by atoms with Gasteiger partial charge >= 0.3 is 0 Å². The molecule has 1 aromatic rings. The van der Waals surface area contributed by atoms with Crippen molar-refractivity contribution in [2.24, 2.45) is 5.92 Å². The number of rotatable bonds is 4. The monoisotopic (exact) mass is 304 g/mol. The van der Waals surface area contributed by atoms with Gasteiger partial charge in [-0.1, -0.05) is 6.07 Å². The van der Waals surface area contributed by atoms with Gasteiger partial charge in [-0.25, -0.2) is 0 Å². The van der Waals surface area contributed by atoms with Crippen LogP contribution in [-0.2, 0) is 16.1 Å². The molecule has 118 valence electrons. The highest BCUT2D eigenvalue weighted by Crippen LogP contribution is 2.32. The summed E-state index contributed by atoms with van der Waals surface area (Å²) in [5.74, 6) is 1.15. The maximum absolute atomic E-state index is 12.2. The van der Waals surface area contributed by atoms with Crippen LogP contribution in [0.4, 0.5) is 0 Å². The SMILES string of the molecule is CC(C)N1CC(C(=O)NCc2ccc3c(c2)OCO3)CC1=O. The van der Waals surface area contributed by atoms with Gasteiger partial charge in [-0.3, -0.25) is 9.59 Å². The largest absolute Gasteiger partial charge is 0.454 e. The highest BCUT2D eigenvalue weighted by molar-refractivity contribution is 5.89. The standard InChI is InChI=1S/C16H20N2O4/c1-10(2)18-8-12(6-15(18)19)16(20)17-7-11-3-4-13-14(5-11)22-9-21-13/h3-5,10,12H,6-9H2,1-2H3,(H,17,20). The maximum Gasteiger partial charge on any atom is 0.231 e.